The van der Waals surface area contributed by atoms with Crippen LogP contribution in [0.15, 0.2) is 4.99 Å². The molecule has 1 heterocycles. The van der Waals surface area contributed by atoms with E-state index in [9.17, 15) is 0 Å². The van der Waals surface area contributed by atoms with E-state index in [0.29, 0.717) is 19.1 Å². The second kappa shape index (κ2) is 8.84. The van der Waals surface area contributed by atoms with Crippen LogP contribution in [0.3, 0.4) is 0 Å². The van der Waals surface area contributed by atoms with E-state index >= 15 is 0 Å². The number of hydrogen-bond donors (Lipinski definition) is 1. The second-order valence-corrected chi connectivity index (χ2v) is 4.96. The van der Waals surface area contributed by atoms with Gasteiger partial charge in [-0.3, -0.25) is 4.99 Å². The summed E-state index contributed by atoms with van der Waals surface area (Å²) in [6.45, 7) is 6.27. The molecule has 1 atom stereocenters. The van der Waals surface area contributed by atoms with Crippen LogP contribution in [-0.2, 0) is 9.47 Å². The van der Waals surface area contributed by atoms with Crippen LogP contribution in [0, 0.1) is 5.92 Å². The van der Waals surface area contributed by atoms with Crippen molar-refractivity contribution in [1.29, 1.82) is 0 Å². The van der Waals surface area contributed by atoms with Gasteiger partial charge in [0.05, 0.1) is 13.2 Å². The van der Waals surface area contributed by atoms with Crippen molar-refractivity contribution in [3.05, 3.63) is 0 Å². The average molecular weight is 246 g/mol. The third kappa shape index (κ3) is 6.35. The Labute approximate surface area is 102 Å². The lowest BCUT2D eigenvalue weighted by Crippen LogP contribution is -2.27. The molecular formula is C11H22N2O2S. The van der Waals surface area contributed by atoms with Crippen molar-refractivity contribution in [1.82, 2.24) is 5.32 Å². The molecule has 1 aliphatic heterocycles. The Hall–Kier alpha value is -0.260. The average Bonchev–Trinajstić information content (AvgIpc) is 2.30. The fourth-order valence-corrected chi connectivity index (χ4v) is 2.20. The first-order chi connectivity index (χ1) is 7.83. The van der Waals surface area contributed by atoms with E-state index in [1.165, 1.54) is 5.75 Å². The molecule has 0 bridgehead atoms. The molecule has 94 valence electrons. The molecule has 0 saturated heterocycles. The van der Waals surface area contributed by atoms with Gasteiger partial charge in [0.2, 0.25) is 0 Å². The summed E-state index contributed by atoms with van der Waals surface area (Å²) in [5.74, 6) is 1.89. The number of nitrogens with one attached hydrogen (secondary N) is 1. The lowest BCUT2D eigenvalue weighted by atomic mass is 10.2. The molecule has 0 amide bonds. The van der Waals surface area contributed by atoms with Gasteiger partial charge in [-0.05, 0) is 12.3 Å². The number of ether oxygens (including phenoxy) is 2. The molecule has 1 N–H and O–H groups in total. The van der Waals surface area contributed by atoms with Gasteiger partial charge in [0, 0.05) is 32.6 Å². The van der Waals surface area contributed by atoms with E-state index in [0.717, 1.165) is 31.3 Å². The quantitative estimate of drug-likeness (QED) is 0.689. The van der Waals surface area contributed by atoms with Crippen molar-refractivity contribution >= 4 is 16.9 Å². The number of nitrogens with zero attached hydrogens (tertiary/aromatic N) is 1. The van der Waals surface area contributed by atoms with Crippen LogP contribution in [-0.4, -0.2) is 50.9 Å². The molecule has 16 heavy (non-hydrogen) atoms. The number of rotatable bonds is 7. The van der Waals surface area contributed by atoms with Crippen LogP contribution in [0.25, 0.3) is 0 Å². The Bertz CT molecular complexity index is 212. The third-order valence-corrected chi connectivity index (χ3v) is 3.51. The number of aliphatic imine (C=N–C) groups is 1. The zero-order valence-corrected chi connectivity index (χ0v) is 11.0. The standard InChI is InChI=1S/C11H22N2O2S/c1-10-8-13-11(16-9-10)12-4-3-5-15-7-6-14-2/h10H,3-9H2,1-2H3,(H,12,13). The van der Waals surface area contributed by atoms with Crippen molar-refractivity contribution in [3.8, 4) is 0 Å². The summed E-state index contributed by atoms with van der Waals surface area (Å²) in [6, 6.07) is 0. The summed E-state index contributed by atoms with van der Waals surface area (Å²) in [5, 5.41) is 4.43. The minimum Gasteiger partial charge on any atom is -0.382 e. The molecule has 1 unspecified atom stereocenters. The smallest absolute Gasteiger partial charge is 0.156 e. The number of amidine groups is 1. The zero-order chi connectivity index (χ0) is 11.6. The Morgan fingerprint density at radius 3 is 3.00 bits per heavy atom. The minimum atomic E-state index is 0.674. The predicted octanol–water partition coefficient (Wildman–Crippen LogP) is 1.37. The number of hydrogen-bond acceptors (Lipinski definition) is 5. The molecule has 0 fully saturated rings. The Morgan fingerprint density at radius 2 is 2.31 bits per heavy atom. The highest BCUT2D eigenvalue weighted by Gasteiger charge is 2.10. The molecule has 4 nitrogen and oxygen atoms in total. The summed E-state index contributed by atoms with van der Waals surface area (Å²) in [7, 11) is 1.68. The van der Waals surface area contributed by atoms with E-state index in [2.05, 4.69) is 17.2 Å². The van der Waals surface area contributed by atoms with Gasteiger partial charge in [-0.15, -0.1) is 0 Å². The summed E-state index contributed by atoms with van der Waals surface area (Å²) >= 11 is 1.82. The largest absolute Gasteiger partial charge is 0.382 e. The molecule has 1 rings (SSSR count). The van der Waals surface area contributed by atoms with Gasteiger partial charge in [0.15, 0.2) is 5.17 Å². The third-order valence-electron chi connectivity index (χ3n) is 2.22. The number of methoxy groups -OCH3 is 1. The highest BCUT2D eigenvalue weighted by atomic mass is 32.2. The van der Waals surface area contributed by atoms with Gasteiger partial charge >= 0.3 is 0 Å². The Balaban J connectivity index is 1.91. The fourth-order valence-electron chi connectivity index (χ4n) is 1.28. The second-order valence-electron chi connectivity index (χ2n) is 3.95. The van der Waals surface area contributed by atoms with E-state index in [1.54, 1.807) is 7.11 Å². The predicted molar refractivity (Wildman–Crippen MR) is 69.2 cm³/mol. The number of thioether (sulfide) groups is 1. The topological polar surface area (TPSA) is 42.9 Å². The van der Waals surface area contributed by atoms with E-state index < -0.39 is 0 Å². The van der Waals surface area contributed by atoms with Crippen molar-refractivity contribution < 1.29 is 9.47 Å². The summed E-state index contributed by atoms with van der Waals surface area (Å²) in [4.78, 5) is 4.47. The highest BCUT2D eigenvalue weighted by Crippen LogP contribution is 2.15. The normalized spacial score (nSPS) is 20.6. The van der Waals surface area contributed by atoms with Crippen LogP contribution in [0.2, 0.25) is 0 Å². The van der Waals surface area contributed by atoms with Gasteiger partial charge in [-0.1, -0.05) is 18.7 Å². The van der Waals surface area contributed by atoms with E-state index in [4.69, 9.17) is 9.47 Å². The van der Waals surface area contributed by atoms with Crippen LogP contribution in [0.4, 0.5) is 0 Å². The first-order valence-electron chi connectivity index (χ1n) is 5.80. The van der Waals surface area contributed by atoms with Gasteiger partial charge in [0.25, 0.3) is 0 Å². The van der Waals surface area contributed by atoms with Crippen molar-refractivity contribution in [2.75, 3.05) is 45.8 Å². The van der Waals surface area contributed by atoms with Crippen molar-refractivity contribution in [2.24, 2.45) is 10.9 Å². The summed E-state index contributed by atoms with van der Waals surface area (Å²) < 4.78 is 10.3. The van der Waals surface area contributed by atoms with Gasteiger partial charge in [-0.2, -0.15) is 0 Å². The Morgan fingerprint density at radius 1 is 1.44 bits per heavy atom. The van der Waals surface area contributed by atoms with Gasteiger partial charge in [-0.25, -0.2) is 0 Å². The highest BCUT2D eigenvalue weighted by molar-refractivity contribution is 8.13. The first-order valence-corrected chi connectivity index (χ1v) is 6.79. The summed E-state index contributed by atoms with van der Waals surface area (Å²) in [5.41, 5.74) is 0. The molecule has 0 aliphatic carbocycles. The molecular weight excluding hydrogens is 224 g/mol. The van der Waals surface area contributed by atoms with Crippen molar-refractivity contribution in [3.63, 3.8) is 0 Å². The van der Waals surface area contributed by atoms with Crippen molar-refractivity contribution in [2.45, 2.75) is 13.3 Å². The van der Waals surface area contributed by atoms with Gasteiger partial charge < -0.3 is 14.8 Å². The lowest BCUT2D eigenvalue weighted by molar-refractivity contribution is 0.0699. The molecule has 0 saturated carbocycles. The van der Waals surface area contributed by atoms with Crippen LogP contribution in [0.5, 0.6) is 0 Å². The zero-order valence-electron chi connectivity index (χ0n) is 10.2. The van der Waals surface area contributed by atoms with Gasteiger partial charge in [0.1, 0.15) is 0 Å². The summed E-state index contributed by atoms with van der Waals surface area (Å²) in [6.07, 6.45) is 1.01. The first kappa shape index (κ1) is 13.8. The maximum atomic E-state index is 5.37. The maximum absolute atomic E-state index is 5.37. The van der Waals surface area contributed by atoms with Crippen LogP contribution in [0.1, 0.15) is 13.3 Å². The molecule has 0 aromatic heterocycles. The molecule has 5 heteroatoms. The molecule has 0 radical (unpaired) electrons. The SMILES string of the molecule is COCCOCCCNC1=NCC(C)CS1. The lowest BCUT2D eigenvalue weighted by Gasteiger charge is -2.17. The van der Waals surface area contributed by atoms with Crippen LogP contribution < -0.4 is 5.32 Å². The van der Waals surface area contributed by atoms with Crippen LogP contribution >= 0.6 is 11.8 Å². The minimum absolute atomic E-state index is 0.674. The monoisotopic (exact) mass is 246 g/mol. The van der Waals surface area contributed by atoms with E-state index in [1.807, 2.05) is 11.8 Å². The molecule has 1 aliphatic rings. The van der Waals surface area contributed by atoms with E-state index in [-0.39, 0.29) is 0 Å². The fraction of sp³-hybridized carbons (Fsp3) is 0.909. The Kier molecular flexibility index (Phi) is 7.63. The molecule has 0 aromatic carbocycles. The maximum Gasteiger partial charge on any atom is 0.156 e. The molecule has 0 spiro atoms. The molecule has 0 aromatic rings.